The van der Waals surface area contributed by atoms with Crippen LogP contribution in [0.3, 0.4) is 0 Å². The van der Waals surface area contributed by atoms with Crippen LogP contribution in [0.5, 0.6) is 0 Å². The molecule has 4 nitrogen and oxygen atoms in total. The van der Waals surface area contributed by atoms with Gasteiger partial charge in [0, 0.05) is 18.7 Å². The van der Waals surface area contributed by atoms with Gasteiger partial charge in [-0.2, -0.15) is 0 Å². The van der Waals surface area contributed by atoms with E-state index in [0.29, 0.717) is 6.04 Å². The molecule has 1 amide bonds. The van der Waals surface area contributed by atoms with Crippen LogP contribution in [-0.4, -0.2) is 47.2 Å². The van der Waals surface area contributed by atoms with Crippen molar-refractivity contribution in [2.24, 2.45) is 0 Å². The third-order valence-electron chi connectivity index (χ3n) is 4.01. The molecule has 1 aliphatic rings. The summed E-state index contributed by atoms with van der Waals surface area (Å²) in [5.74, 6) is 0.120. The number of nitrogens with zero attached hydrogens (tertiary/aromatic N) is 1. The highest BCUT2D eigenvalue weighted by atomic mass is 16.3. The molecule has 106 valence electrons. The van der Waals surface area contributed by atoms with Crippen LogP contribution in [0.25, 0.3) is 0 Å². The number of likely N-dealkylation sites (tertiary alicyclic amines) is 1. The summed E-state index contributed by atoms with van der Waals surface area (Å²) >= 11 is 0. The predicted molar refractivity (Wildman–Crippen MR) is 73.4 cm³/mol. The van der Waals surface area contributed by atoms with E-state index in [-0.39, 0.29) is 24.6 Å². The molecule has 0 aromatic heterocycles. The Kier molecular flexibility index (Phi) is 6.65. The molecule has 18 heavy (non-hydrogen) atoms. The first-order chi connectivity index (χ1) is 8.60. The Labute approximate surface area is 111 Å². The number of aliphatic hydroxyl groups excluding tert-OH is 1. The Bertz CT molecular complexity index is 256. The Morgan fingerprint density at radius 1 is 1.44 bits per heavy atom. The molecule has 1 aliphatic heterocycles. The predicted octanol–water partition coefficient (Wildman–Crippen LogP) is 1.53. The van der Waals surface area contributed by atoms with Crippen LogP contribution < -0.4 is 5.32 Å². The molecule has 0 radical (unpaired) electrons. The Hall–Kier alpha value is -0.610. The van der Waals surface area contributed by atoms with E-state index < -0.39 is 0 Å². The van der Waals surface area contributed by atoms with Crippen LogP contribution in [0.4, 0.5) is 0 Å². The molecule has 0 aromatic rings. The van der Waals surface area contributed by atoms with Crippen LogP contribution in [0, 0.1) is 0 Å². The van der Waals surface area contributed by atoms with Crippen LogP contribution in [-0.2, 0) is 4.79 Å². The summed E-state index contributed by atoms with van der Waals surface area (Å²) in [5, 5.41) is 12.2. The minimum absolute atomic E-state index is 0.0872. The number of piperidine rings is 1. The lowest BCUT2D eigenvalue weighted by Crippen LogP contribution is -2.53. The summed E-state index contributed by atoms with van der Waals surface area (Å²) in [4.78, 5) is 14.4. The summed E-state index contributed by atoms with van der Waals surface area (Å²) in [6.07, 6.45) is 5.20. The Morgan fingerprint density at radius 2 is 2.17 bits per heavy atom. The maximum absolute atomic E-state index is 12.1. The first kappa shape index (κ1) is 15.4. The van der Waals surface area contributed by atoms with Gasteiger partial charge in [0.2, 0.25) is 5.91 Å². The quantitative estimate of drug-likeness (QED) is 0.758. The lowest BCUT2D eigenvalue weighted by atomic mass is 9.97. The second-order valence-electron chi connectivity index (χ2n) is 5.39. The number of carbonyl (C=O) groups is 1. The molecule has 0 aromatic carbocycles. The summed E-state index contributed by atoms with van der Waals surface area (Å²) in [6, 6.07) is 0.512. The second kappa shape index (κ2) is 7.74. The highest BCUT2D eigenvalue weighted by Gasteiger charge is 2.30. The van der Waals surface area contributed by atoms with E-state index in [4.69, 9.17) is 5.11 Å². The number of hydrogen-bond donors (Lipinski definition) is 2. The topological polar surface area (TPSA) is 52.6 Å². The molecule has 0 aliphatic carbocycles. The van der Waals surface area contributed by atoms with Gasteiger partial charge in [-0.05, 0) is 46.1 Å². The van der Waals surface area contributed by atoms with Crippen molar-refractivity contribution in [3.63, 3.8) is 0 Å². The molecule has 1 rings (SSSR count). The second-order valence-corrected chi connectivity index (χ2v) is 5.39. The van der Waals surface area contributed by atoms with Crippen LogP contribution in [0.2, 0.25) is 0 Å². The highest BCUT2D eigenvalue weighted by molar-refractivity contribution is 5.81. The molecule has 4 heteroatoms. The normalized spacial score (nSPS) is 24.6. The van der Waals surface area contributed by atoms with Crippen molar-refractivity contribution in [1.82, 2.24) is 10.2 Å². The molecule has 0 bridgehead atoms. The molecule has 1 saturated heterocycles. The smallest absolute Gasteiger partial charge is 0.237 e. The Balaban J connectivity index is 2.56. The molecular weight excluding hydrogens is 228 g/mol. The van der Waals surface area contributed by atoms with Crippen molar-refractivity contribution in [1.29, 1.82) is 0 Å². The molecule has 3 atom stereocenters. The minimum Gasteiger partial charge on any atom is -0.396 e. The van der Waals surface area contributed by atoms with Crippen molar-refractivity contribution < 1.29 is 9.90 Å². The van der Waals surface area contributed by atoms with Crippen molar-refractivity contribution in [3.05, 3.63) is 0 Å². The van der Waals surface area contributed by atoms with E-state index in [1.165, 1.54) is 6.42 Å². The van der Waals surface area contributed by atoms with Gasteiger partial charge in [0.05, 0.1) is 6.04 Å². The zero-order chi connectivity index (χ0) is 13.5. The van der Waals surface area contributed by atoms with Gasteiger partial charge in [-0.1, -0.05) is 13.3 Å². The first-order valence-electron chi connectivity index (χ1n) is 7.27. The van der Waals surface area contributed by atoms with Crippen LogP contribution >= 0.6 is 0 Å². The molecule has 1 fully saturated rings. The van der Waals surface area contributed by atoms with Crippen molar-refractivity contribution in [2.45, 2.75) is 71.0 Å². The minimum atomic E-state index is -0.0872. The average molecular weight is 256 g/mol. The number of hydrogen-bond acceptors (Lipinski definition) is 3. The number of nitrogens with one attached hydrogen (secondary N) is 1. The lowest BCUT2D eigenvalue weighted by molar-refractivity contribution is -0.128. The summed E-state index contributed by atoms with van der Waals surface area (Å²) in [6.45, 7) is 7.27. The molecule has 3 unspecified atom stereocenters. The van der Waals surface area contributed by atoms with Gasteiger partial charge in [0.25, 0.3) is 0 Å². The van der Waals surface area contributed by atoms with E-state index in [1.54, 1.807) is 0 Å². The van der Waals surface area contributed by atoms with Gasteiger partial charge >= 0.3 is 0 Å². The molecule has 0 saturated carbocycles. The lowest BCUT2D eigenvalue weighted by Gasteiger charge is -2.39. The fourth-order valence-corrected chi connectivity index (χ4v) is 2.61. The van der Waals surface area contributed by atoms with Crippen LogP contribution in [0.15, 0.2) is 0 Å². The van der Waals surface area contributed by atoms with Gasteiger partial charge in [-0.25, -0.2) is 0 Å². The Morgan fingerprint density at radius 3 is 2.78 bits per heavy atom. The monoisotopic (exact) mass is 256 g/mol. The zero-order valence-corrected chi connectivity index (χ0v) is 12.0. The molecule has 1 heterocycles. The van der Waals surface area contributed by atoms with Crippen molar-refractivity contribution in [2.75, 3.05) is 13.2 Å². The fraction of sp³-hybridized carbons (Fsp3) is 0.929. The summed E-state index contributed by atoms with van der Waals surface area (Å²) in [7, 11) is 0. The summed E-state index contributed by atoms with van der Waals surface area (Å²) < 4.78 is 0. The van der Waals surface area contributed by atoms with Gasteiger partial charge in [-0.15, -0.1) is 0 Å². The third kappa shape index (κ3) is 4.25. The van der Waals surface area contributed by atoms with Gasteiger partial charge in [0.15, 0.2) is 0 Å². The number of amides is 1. The fourth-order valence-electron chi connectivity index (χ4n) is 2.61. The van der Waals surface area contributed by atoms with E-state index in [9.17, 15) is 4.79 Å². The third-order valence-corrected chi connectivity index (χ3v) is 4.01. The van der Waals surface area contributed by atoms with E-state index in [2.05, 4.69) is 17.1 Å². The molecule has 0 spiro atoms. The van der Waals surface area contributed by atoms with E-state index in [1.807, 2.05) is 13.8 Å². The largest absolute Gasteiger partial charge is 0.396 e. The van der Waals surface area contributed by atoms with Crippen molar-refractivity contribution in [3.8, 4) is 0 Å². The number of carbonyl (C=O) groups excluding carboxylic acids is 1. The molecular formula is C14H28N2O2. The van der Waals surface area contributed by atoms with Gasteiger partial charge in [-0.3, -0.25) is 9.69 Å². The van der Waals surface area contributed by atoms with Crippen LogP contribution in [0.1, 0.15) is 52.9 Å². The first-order valence-corrected chi connectivity index (χ1v) is 7.27. The molecule has 2 N–H and O–H groups in total. The average Bonchev–Trinajstić information content (AvgIpc) is 2.38. The zero-order valence-electron chi connectivity index (χ0n) is 12.0. The maximum atomic E-state index is 12.1. The van der Waals surface area contributed by atoms with E-state index >= 15 is 0 Å². The van der Waals surface area contributed by atoms with E-state index in [0.717, 1.165) is 32.2 Å². The van der Waals surface area contributed by atoms with Gasteiger partial charge in [0.1, 0.15) is 0 Å². The highest BCUT2D eigenvalue weighted by Crippen LogP contribution is 2.22. The van der Waals surface area contributed by atoms with Gasteiger partial charge < -0.3 is 10.4 Å². The SMILES string of the molecule is CCC(C)NC(=O)C(C)N1CCCCC1CCO. The standard InChI is InChI=1S/C14H28N2O2/c1-4-11(2)15-14(18)12(3)16-9-6-5-7-13(16)8-10-17/h11-13,17H,4-10H2,1-3H3,(H,15,18). The van der Waals surface area contributed by atoms with Crippen molar-refractivity contribution >= 4 is 5.91 Å². The number of aliphatic hydroxyl groups is 1. The number of rotatable bonds is 6. The summed E-state index contributed by atoms with van der Waals surface area (Å²) in [5.41, 5.74) is 0. The maximum Gasteiger partial charge on any atom is 0.237 e.